The van der Waals surface area contributed by atoms with Gasteiger partial charge in [0.15, 0.2) is 0 Å². The van der Waals surface area contributed by atoms with Gasteiger partial charge in [-0.25, -0.2) is 8.78 Å². The summed E-state index contributed by atoms with van der Waals surface area (Å²) in [7, 11) is 0. The van der Waals surface area contributed by atoms with Gasteiger partial charge in [0.2, 0.25) is 0 Å². The second-order valence-electron chi connectivity index (χ2n) is 7.96. The van der Waals surface area contributed by atoms with Crippen molar-refractivity contribution in [2.75, 3.05) is 0 Å². The van der Waals surface area contributed by atoms with Gasteiger partial charge in [0.05, 0.1) is 0 Å². The highest BCUT2D eigenvalue weighted by atomic mass is 19.1. The fraction of sp³-hybridized carbons (Fsp3) is 0.417. The number of rotatable bonds is 4. The molecular weight excluding hydrogens is 326 g/mol. The van der Waals surface area contributed by atoms with E-state index in [4.69, 9.17) is 0 Å². The van der Waals surface area contributed by atoms with Crippen molar-refractivity contribution in [2.24, 2.45) is 5.92 Å². The Labute approximate surface area is 154 Å². The van der Waals surface area contributed by atoms with Crippen LogP contribution >= 0.6 is 0 Å². The van der Waals surface area contributed by atoms with E-state index in [1.165, 1.54) is 54.5 Å². The van der Waals surface area contributed by atoms with Crippen LogP contribution in [0.3, 0.4) is 0 Å². The molecule has 2 aromatic carbocycles. The minimum absolute atomic E-state index is 0.217. The molecule has 0 spiro atoms. The third-order valence-electron chi connectivity index (χ3n) is 6.28. The van der Waals surface area contributed by atoms with Crippen molar-refractivity contribution in [1.29, 1.82) is 0 Å². The summed E-state index contributed by atoms with van der Waals surface area (Å²) in [6.07, 6.45) is 10.9. The standard InChI is InChI=1S/C24H26F2/c1-2-3-4-16-5-9-23-18(11-16)6-7-19-12-17(8-10-24(19)23)20-13-21(25)15-22(26)14-20/h2,6-7,13-17H,1,3-5,8-12H2. The molecule has 26 heavy (non-hydrogen) atoms. The fourth-order valence-corrected chi connectivity index (χ4v) is 4.94. The van der Waals surface area contributed by atoms with Crippen LogP contribution in [0, 0.1) is 17.6 Å². The first-order chi connectivity index (χ1) is 12.6. The first-order valence-corrected chi connectivity index (χ1v) is 9.83. The van der Waals surface area contributed by atoms with Crippen LogP contribution in [-0.2, 0) is 25.7 Å². The monoisotopic (exact) mass is 352 g/mol. The minimum atomic E-state index is -0.471. The quantitative estimate of drug-likeness (QED) is 0.566. The average molecular weight is 352 g/mol. The lowest BCUT2D eigenvalue weighted by molar-refractivity contribution is 0.427. The van der Waals surface area contributed by atoms with Crippen LogP contribution in [0.4, 0.5) is 8.78 Å². The minimum Gasteiger partial charge on any atom is -0.207 e. The fourth-order valence-electron chi connectivity index (χ4n) is 4.94. The van der Waals surface area contributed by atoms with E-state index in [1.54, 1.807) is 5.56 Å². The van der Waals surface area contributed by atoms with Gasteiger partial charge in [-0.2, -0.15) is 0 Å². The molecule has 2 aromatic rings. The van der Waals surface area contributed by atoms with Gasteiger partial charge in [0.1, 0.15) is 11.6 Å². The highest BCUT2D eigenvalue weighted by Gasteiger charge is 2.27. The van der Waals surface area contributed by atoms with Crippen LogP contribution in [0.15, 0.2) is 43.0 Å². The van der Waals surface area contributed by atoms with Crippen LogP contribution < -0.4 is 0 Å². The summed E-state index contributed by atoms with van der Waals surface area (Å²) in [6.45, 7) is 3.84. The third kappa shape index (κ3) is 3.47. The zero-order chi connectivity index (χ0) is 18.1. The van der Waals surface area contributed by atoms with E-state index in [9.17, 15) is 8.78 Å². The molecule has 2 unspecified atom stereocenters. The third-order valence-corrected chi connectivity index (χ3v) is 6.28. The molecule has 4 rings (SSSR count). The van der Waals surface area contributed by atoms with E-state index >= 15 is 0 Å². The van der Waals surface area contributed by atoms with Crippen LogP contribution in [0.2, 0.25) is 0 Å². The molecule has 0 bridgehead atoms. The van der Waals surface area contributed by atoms with E-state index in [-0.39, 0.29) is 5.92 Å². The van der Waals surface area contributed by atoms with Crippen molar-refractivity contribution in [3.05, 3.63) is 82.4 Å². The summed E-state index contributed by atoms with van der Waals surface area (Å²) in [5, 5.41) is 0. The molecule has 0 amide bonds. The van der Waals surface area contributed by atoms with Crippen molar-refractivity contribution in [1.82, 2.24) is 0 Å². The highest BCUT2D eigenvalue weighted by Crippen LogP contribution is 2.39. The maximum absolute atomic E-state index is 13.6. The van der Waals surface area contributed by atoms with Gasteiger partial charge in [-0.15, -0.1) is 6.58 Å². The van der Waals surface area contributed by atoms with Crippen LogP contribution in [0.5, 0.6) is 0 Å². The van der Waals surface area contributed by atoms with Crippen molar-refractivity contribution in [3.63, 3.8) is 0 Å². The number of fused-ring (bicyclic) bond motifs is 3. The lowest BCUT2D eigenvalue weighted by Crippen LogP contribution is -2.20. The Bertz CT molecular complexity index is 801. The molecular formula is C24H26F2. The Kier molecular flexibility index (Phi) is 4.93. The number of hydrogen-bond acceptors (Lipinski definition) is 0. The van der Waals surface area contributed by atoms with Crippen molar-refractivity contribution in [3.8, 4) is 0 Å². The Morgan fingerprint density at radius 1 is 0.923 bits per heavy atom. The SMILES string of the molecule is C=CCCC1CCc2c(ccc3c2CCC(c2cc(F)cc(F)c2)C3)C1. The van der Waals surface area contributed by atoms with E-state index in [0.29, 0.717) is 0 Å². The Hall–Kier alpha value is -1.96. The summed E-state index contributed by atoms with van der Waals surface area (Å²) < 4.78 is 27.2. The molecule has 0 aliphatic heterocycles. The lowest BCUT2D eigenvalue weighted by Gasteiger charge is -2.32. The number of allylic oxidation sites excluding steroid dienone is 1. The van der Waals surface area contributed by atoms with Crippen molar-refractivity contribution >= 4 is 0 Å². The summed E-state index contributed by atoms with van der Waals surface area (Å²) in [6, 6.07) is 8.54. The number of hydrogen-bond donors (Lipinski definition) is 0. The first kappa shape index (κ1) is 17.5. The van der Waals surface area contributed by atoms with Gasteiger partial charge in [-0.1, -0.05) is 18.2 Å². The Morgan fingerprint density at radius 2 is 1.58 bits per heavy atom. The normalized spacial score (nSPS) is 21.8. The second-order valence-corrected chi connectivity index (χ2v) is 7.96. The summed E-state index contributed by atoms with van der Waals surface area (Å²) in [5.74, 6) is 0.0587. The summed E-state index contributed by atoms with van der Waals surface area (Å²) in [4.78, 5) is 0. The van der Waals surface area contributed by atoms with Crippen molar-refractivity contribution in [2.45, 2.75) is 57.3 Å². The first-order valence-electron chi connectivity index (χ1n) is 9.83. The van der Waals surface area contributed by atoms with Crippen molar-refractivity contribution < 1.29 is 8.78 Å². The molecule has 0 nitrogen and oxygen atoms in total. The van der Waals surface area contributed by atoms with Gasteiger partial charge >= 0.3 is 0 Å². The molecule has 136 valence electrons. The van der Waals surface area contributed by atoms with Gasteiger partial charge < -0.3 is 0 Å². The van der Waals surface area contributed by atoms with Gasteiger partial charge in [-0.05, 0) is 103 Å². The molecule has 0 N–H and O–H groups in total. The highest BCUT2D eigenvalue weighted by molar-refractivity contribution is 5.45. The van der Waals surface area contributed by atoms with Gasteiger partial charge in [-0.3, -0.25) is 0 Å². The molecule has 2 aliphatic rings. The van der Waals surface area contributed by atoms with Gasteiger partial charge in [0.25, 0.3) is 0 Å². The van der Waals surface area contributed by atoms with E-state index < -0.39 is 11.6 Å². The number of halogens is 2. The number of benzene rings is 2. The van der Waals surface area contributed by atoms with Crippen LogP contribution in [0.1, 0.15) is 59.4 Å². The lowest BCUT2D eigenvalue weighted by atomic mass is 9.73. The molecule has 2 atom stereocenters. The molecule has 0 aromatic heterocycles. The Morgan fingerprint density at radius 3 is 2.27 bits per heavy atom. The predicted molar refractivity (Wildman–Crippen MR) is 103 cm³/mol. The average Bonchev–Trinajstić information content (AvgIpc) is 2.64. The zero-order valence-corrected chi connectivity index (χ0v) is 15.2. The molecule has 0 fully saturated rings. The van der Waals surface area contributed by atoms with Crippen LogP contribution in [0.25, 0.3) is 0 Å². The van der Waals surface area contributed by atoms with Gasteiger partial charge in [0, 0.05) is 6.07 Å². The smallest absolute Gasteiger partial charge is 0.126 e. The van der Waals surface area contributed by atoms with E-state index in [1.807, 2.05) is 6.08 Å². The topological polar surface area (TPSA) is 0 Å². The molecule has 2 heteroatoms. The molecule has 0 heterocycles. The largest absolute Gasteiger partial charge is 0.207 e. The molecule has 0 saturated carbocycles. The zero-order valence-electron chi connectivity index (χ0n) is 15.2. The second kappa shape index (κ2) is 7.34. The summed E-state index contributed by atoms with van der Waals surface area (Å²) >= 11 is 0. The molecule has 0 radical (unpaired) electrons. The maximum Gasteiger partial charge on any atom is 0.126 e. The molecule has 2 aliphatic carbocycles. The van der Waals surface area contributed by atoms with E-state index in [0.717, 1.165) is 43.2 Å². The molecule has 0 saturated heterocycles. The van der Waals surface area contributed by atoms with E-state index in [2.05, 4.69) is 18.7 Å². The maximum atomic E-state index is 13.6. The Balaban J connectivity index is 1.55. The predicted octanol–water partition coefficient (Wildman–Crippen LogP) is 6.31. The van der Waals surface area contributed by atoms with Crippen LogP contribution in [-0.4, -0.2) is 0 Å². The summed E-state index contributed by atoms with van der Waals surface area (Å²) in [5.41, 5.74) is 6.81.